The average molecular weight is 345 g/mol. The molecule has 1 saturated carbocycles. The van der Waals surface area contributed by atoms with Crippen LogP contribution >= 0.6 is 11.8 Å². The molecule has 0 radical (unpaired) electrons. The number of benzene rings is 1. The largest absolute Gasteiger partial charge is 0.317 e. The maximum Gasteiger partial charge on any atom is 0.283 e. The second-order valence-corrected chi connectivity index (χ2v) is 7.78. The van der Waals surface area contributed by atoms with E-state index in [2.05, 4.69) is 15.8 Å². The first-order chi connectivity index (χ1) is 11.6. The molecule has 1 unspecified atom stereocenters. The molecular formula is C18H23N3O2S. The van der Waals surface area contributed by atoms with Gasteiger partial charge in [0.25, 0.3) is 5.24 Å². The molecule has 3 rings (SSSR count). The van der Waals surface area contributed by atoms with Gasteiger partial charge in [-0.05, 0) is 30.5 Å². The second-order valence-electron chi connectivity index (χ2n) is 6.50. The normalized spacial score (nSPS) is 21.8. The summed E-state index contributed by atoms with van der Waals surface area (Å²) in [6, 6.07) is 7.65. The van der Waals surface area contributed by atoms with E-state index in [1.165, 1.54) is 31.0 Å². The third-order valence-corrected chi connectivity index (χ3v) is 5.63. The monoisotopic (exact) mass is 345 g/mol. The molecule has 1 aromatic rings. The molecule has 0 spiro atoms. The molecule has 6 heteroatoms. The fourth-order valence-electron chi connectivity index (χ4n) is 3.21. The Morgan fingerprint density at radius 1 is 1.21 bits per heavy atom. The van der Waals surface area contributed by atoms with Crippen LogP contribution < -0.4 is 10.7 Å². The van der Waals surface area contributed by atoms with Crippen LogP contribution in [-0.2, 0) is 4.79 Å². The van der Waals surface area contributed by atoms with E-state index in [1.807, 2.05) is 31.2 Å². The quantitative estimate of drug-likeness (QED) is 0.865. The molecule has 1 aliphatic heterocycles. The Morgan fingerprint density at radius 2 is 1.92 bits per heavy atom. The van der Waals surface area contributed by atoms with E-state index in [0.717, 1.165) is 29.8 Å². The highest BCUT2D eigenvalue weighted by atomic mass is 32.2. The molecule has 0 aromatic heterocycles. The van der Waals surface area contributed by atoms with E-state index < -0.39 is 0 Å². The maximum atomic E-state index is 12.1. The summed E-state index contributed by atoms with van der Waals surface area (Å²) < 4.78 is 0. The number of hydrazone groups is 1. The minimum Gasteiger partial charge on any atom is -0.317 e. The molecule has 1 aliphatic carbocycles. The Morgan fingerprint density at radius 3 is 2.58 bits per heavy atom. The number of nitrogens with zero attached hydrogens (tertiary/aromatic N) is 1. The number of carbonyl (C=O) groups is 2. The first-order valence-corrected chi connectivity index (χ1v) is 9.44. The summed E-state index contributed by atoms with van der Waals surface area (Å²) in [4.78, 5) is 23.5. The maximum absolute atomic E-state index is 12.1. The highest BCUT2D eigenvalue weighted by molar-refractivity contribution is 8.14. The SMILES string of the molecule is CC1CC(=O)NN=C1c1ccc(NC(=O)SC2CCCCC2)cc1. The Kier molecular flexibility index (Phi) is 5.56. The van der Waals surface area contributed by atoms with Crippen molar-refractivity contribution in [1.82, 2.24) is 5.43 Å². The summed E-state index contributed by atoms with van der Waals surface area (Å²) in [7, 11) is 0. The number of amides is 2. The van der Waals surface area contributed by atoms with Gasteiger partial charge >= 0.3 is 0 Å². The topological polar surface area (TPSA) is 70.6 Å². The summed E-state index contributed by atoms with van der Waals surface area (Å²) >= 11 is 1.43. The van der Waals surface area contributed by atoms with Gasteiger partial charge in [-0.25, -0.2) is 5.43 Å². The molecule has 1 heterocycles. The van der Waals surface area contributed by atoms with Gasteiger partial charge in [0.05, 0.1) is 5.71 Å². The van der Waals surface area contributed by atoms with Crippen LogP contribution in [0.5, 0.6) is 0 Å². The van der Waals surface area contributed by atoms with E-state index in [4.69, 9.17) is 0 Å². The van der Waals surface area contributed by atoms with E-state index in [0.29, 0.717) is 11.7 Å². The van der Waals surface area contributed by atoms with E-state index >= 15 is 0 Å². The molecular weight excluding hydrogens is 322 g/mol. The molecule has 0 bridgehead atoms. The third-order valence-electron chi connectivity index (χ3n) is 4.51. The van der Waals surface area contributed by atoms with Crippen LogP contribution in [0.2, 0.25) is 0 Å². The van der Waals surface area contributed by atoms with E-state index in [9.17, 15) is 9.59 Å². The number of hydrogen-bond acceptors (Lipinski definition) is 4. The average Bonchev–Trinajstić information content (AvgIpc) is 2.57. The van der Waals surface area contributed by atoms with Crippen molar-refractivity contribution in [2.45, 2.75) is 50.7 Å². The van der Waals surface area contributed by atoms with Gasteiger partial charge < -0.3 is 5.32 Å². The van der Waals surface area contributed by atoms with Gasteiger partial charge in [-0.1, -0.05) is 50.1 Å². The smallest absolute Gasteiger partial charge is 0.283 e. The molecule has 1 atom stereocenters. The molecule has 128 valence electrons. The van der Waals surface area contributed by atoms with E-state index in [1.54, 1.807) is 0 Å². The minimum absolute atomic E-state index is 0.0188. The molecule has 24 heavy (non-hydrogen) atoms. The number of anilines is 1. The summed E-state index contributed by atoms with van der Waals surface area (Å²) in [5.41, 5.74) is 5.17. The number of carbonyl (C=O) groups excluding carboxylic acids is 2. The predicted octanol–water partition coefficient (Wildman–Crippen LogP) is 4.14. The summed E-state index contributed by atoms with van der Waals surface area (Å²) in [6.07, 6.45) is 6.49. The fraction of sp³-hybridized carbons (Fsp3) is 0.500. The van der Waals surface area contributed by atoms with Gasteiger partial charge in [0.15, 0.2) is 0 Å². The van der Waals surface area contributed by atoms with Crippen molar-refractivity contribution in [2.24, 2.45) is 11.0 Å². The fourth-order valence-corrected chi connectivity index (χ4v) is 4.26. The Bertz CT molecular complexity index is 636. The van der Waals surface area contributed by atoms with Crippen molar-refractivity contribution in [2.75, 3.05) is 5.32 Å². The van der Waals surface area contributed by atoms with Crippen LogP contribution in [0.25, 0.3) is 0 Å². The summed E-state index contributed by atoms with van der Waals surface area (Å²) in [6.45, 7) is 1.99. The van der Waals surface area contributed by atoms with Gasteiger partial charge in [0.1, 0.15) is 0 Å². The highest BCUT2D eigenvalue weighted by Gasteiger charge is 2.21. The number of nitrogens with one attached hydrogen (secondary N) is 2. The zero-order valence-corrected chi connectivity index (χ0v) is 14.7. The lowest BCUT2D eigenvalue weighted by molar-refractivity contribution is -0.121. The van der Waals surface area contributed by atoms with Gasteiger partial charge in [0, 0.05) is 23.3 Å². The summed E-state index contributed by atoms with van der Waals surface area (Å²) in [5.74, 6) is 0.0518. The van der Waals surface area contributed by atoms with Crippen molar-refractivity contribution < 1.29 is 9.59 Å². The lowest BCUT2D eigenvalue weighted by Crippen LogP contribution is -2.31. The zero-order chi connectivity index (χ0) is 16.9. The van der Waals surface area contributed by atoms with Crippen molar-refractivity contribution in [3.05, 3.63) is 29.8 Å². The molecule has 2 aliphatic rings. The molecule has 1 fully saturated rings. The number of rotatable bonds is 3. The van der Waals surface area contributed by atoms with Crippen LogP contribution in [0.15, 0.2) is 29.4 Å². The Balaban J connectivity index is 1.58. The van der Waals surface area contributed by atoms with E-state index in [-0.39, 0.29) is 17.1 Å². The van der Waals surface area contributed by atoms with Crippen LogP contribution in [0.4, 0.5) is 10.5 Å². The first kappa shape index (κ1) is 17.0. The molecule has 1 aromatic carbocycles. The van der Waals surface area contributed by atoms with Crippen molar-refractivity contribution in [3.8, 4) is 0 Å². The van der Waals surface area contributed by atoms with Crippen molar-refractivity contribution >= 4 is 34.3 Å². The second kappa shape index (κ2) is 7.83. The van der Waals surface area contributed by atoms with Crippen LogP contribution in [-0.4, -0.2) is 22.1 Å². The van der Waals surface area contributed by atoms with Crippen molar-refractivity contribution in [3.63, 3.8) is 0 Å². The standard InChI is InChI=1S/C18H23N3O2S/c1-12-11-16(22)20-21-17(12)13-7-9-14(10-8-13)19-18(23)24-15-5-3-2-4-6-15/h7-10,12,15H,2-6,11H2,1H3,(H,19,23)(H,20,22). The zero-order valence-electron chi connectivity index (χ0n) is 13.9. The minimum atomic E-state index is -0.0464. The lowest BCUT2D eigenvalue weighted by atomic mass is 9.94. The third kappa shape index (κ3) is 4.38. The van der Waals surface area contributed by atoms with Crippen LogP contribution in [0.3, 0.4) is 0 Å². The molecule has 2 amide bonds. The van der Waals surface area contributed by atoms with Gasteiger partial charge in [0.2, 0.25) is 5.91 Å². The van der Waals surface area contributed by atoms with Gasteiger partial charge in [-0.2, -0.15) is 5.10 Å². The van der Waals surface area contributed by atoms with Gasteiger partial charge in [-0.15, -0.1) is 0 Å². The lowest BCUT2D eigenvalue weighted by Gasteiger charge is -2.20. The Labute approximate surface area is 146 Å². The molecule has 2 N–H and O–H groups in total. The number of thioether (sulfide) groups is 1. The van der Waals surface area contributed by atoms with Crippen LogP contribution in [0.1, 0.15) is 51.0 Å². The Hall–Kier alpha value is -1.82. The molecule has 0 saturated heterocycles. The molecule has 5 nitrogen and oxygen atoms in total. The first-order valence-electron chi connectivity index (χ1n) is 8.56. The summed E-state index contributed by atoms with van der Waals surface area (Å²) in [5, 5.41) is 7.58. The highest BCUT2D eigenvalue weighted by Crippen LogP contribution is 2.29. The van der Waals surface area contributed by atoms with Crippen molar-refractivity contribution in [1.29, 1.82) is 0 Å². The van der Waals surface area contributed by atoms with Crippen LogP contribution in [0, 0.1) is 5.92 Å². The number of hydrogen-bond donors (Lipinski definition) is 2. The predicted molar refractivity (Wildman–Crippen MR) is 98.4 cm³/mol. The van der Waals surface area contributed by atoms with Gasteiger partial charge in [-0.3, -0.25) is 9.59 Å².